The molecule has 0 bridgehead atoms. The van der Waals surface area contributed by atoms with Crippen LogP contribution in [0.15, 0.2) is 9.98 Å². The molecule has 0 aromatic carbocycles. The maximum atomic E-state index is 9.39. The maximum Gasteiger partial charge on any atom is 0.237 e. The lowest BCUT2D eigenvalue weighted by Gasteiger charge is -1.91. The maximum absolute atomic E-state index is 9.39. The summed E-state index contributed by atoms with van der Waals surface area (Å²) >= 11 is 0. The van der Waals surface area contributed by atoms with Crippen LogP contribution in [-0.2, 0) is 9.59 Å². The third-order valence-electron chi connectivity index (χ3n) is 0.521. The molecule has 0 rings (SSSR count). The highest BCUT2D eigenvalue weighted by Gasteiger charge is 1.95. The van der Waals surface area contributed by atoms with E-state index in [4.69, 9.17) is 5.11 Å². The molecule has 0 heterocycles. The topological polar surface area (TPSA) is 79.1 Å². The van der Waals surface area contributed by atoms with Gasteiger partial charge in [0.1, 0.15) is 0 Å². The van der Waals surface area contributed by atoms with E-state index >= 15 is 0 Å². The van der Waals surface area contributed by atoms with Gasteiger partial charge in [0.05, 0.1) is 6.54 Å². The SMILES string of the molecule is O=C=NCC(O)N=C=O. The van der Waals surface area contributed by atoms with Crippen molar-refractivity contribution in [3.8, 4) is 0 Å². The van der Waals surface area contributed by atoms with Crippen LogP contribution < -0.4 is 0 Å². The van der Waals surface area contributed by atoms with Gasteiger partial charge in [-0.05, 0) is 0 Å². The van der Waals surface area contributed by atoms with Gasteiger partial charge in [-0.25, -0.2) is 14.6 Å². The lowest BCUT2D eigenvalue weighted by Crippen LogP contribution is -2.05. The number of aliphatic imine (C=N–C) groups is 2. The van der Waals surface area contributed by atoms with E-state index in [1.54, 1.807) is 0 Å². The molecule has 1 atom stereocenters. The number of hydrogen-bond donors (Lipinski definition) is 1. The predicted octanol–water partition coefficient (Wildman–Crippen LogP) is -1.02. The molecular formula is C4H4N2O3. The van der Waals surface area contributed by atoms with Crippen LogP contribution in [-0.4, -0.2) is 30.0 Å². The van der Waals surface area contributed by atoms with E-state index in [0.717, 1.165) is 6.08 Å². The molecule has 5 nitrogen and oxygen atoms in total. The van der Waals surface area contributed by atoms with E-state index in [1.807, 2.05) is 0 Å². The van der Waals surface area contributed by atoms with Crippen molar-refractivity contribution in [2.75, 3.05) is 6.54 Å². The highest BCUT2D eigenvalue weighted by atomic mass is 16.3. The quantitative estimate of drug-likeness (QED) is 0.390. The van der Waals surface area contributed by atoms with Crippen molar-refractivity contribution in [1.82, 2.24) is 0 Å². The van der Waals surface area contributed by atoms with Crippen LogP contribution in [0.1, 0.15) is 0 Å². The first-order valence-corrected chi connectivity index (χ1v) is 2.10. The Balaban J connectivity index is 3.62. The fourth-order valence-electron chi connectivity index (χ4n) is 0.221. The number of aliphatic hydroxyl groups is 1. The van der Waals surface area contributed by atoms with Crippen LogP contribution in [0.2, 0.25) is 0 Å². The molecule has 0 saturated heterocycles. The van der Waals surface area contributed by atoms with Crippen molar-refractivity contribution in [2.24, 2.45) is 9.98 Å². The summed E-state index contributed by atoms with van der Waals surface area (Å²) in [5, 5.41) is 8.48. The van der Waals surface area contributed by atoms with E-state index in [2.05, 4.69) is 9.98 Å². The number of aliphatic hydroxyl groups excluding tert-OH is 1. The Bertz CT molecular complexity index is 167. The molecule has 1 N–H and O–H groups in total. The fourth-order valence-corrected chi connectivity index (χ4v) is 0.221. The van der Waals surface area contributed by atoms with Crippen molar-refractivity contribution in [3.05, 3.63) is 0 Å². The molecule has 0 aromatic heterocycles. The molecule has 0 saturated carbocycles. The summed E-state index contributed by atoms with van der Waals surface area (Å²) in [4.78, 5) is 24.6. The lowest BCUT2D eigenvalue weighted by atomic mass is 10.6. The van der Waals surface area contributed by atoms with E-state index in [-0.39, 0.29) is 6.54 Å². The molecular weight excluding hydrogens is 124 g/mol. The molecule has 1 unspecified atom stereocenters. The van der Waals surface area contributed by atoms with Gasteiger partial charge in [-0.1, -0.05) is 0 Å². The summed E-state index contributed by atoms with van der Waals surface area (Å²) in [6.07, 6.45) is 1.03. The Morgan fingerprint density at radius 1 is 1.44 bits per heavy atom. The number of rotatable bonds is 3. The van der Waals surface area contributed by atoms with Crippen molar-refractivity contribution in [2.45, 2.75) is 6.23 Å². The zero-order valence-corrected chi connectivity index (χ0v) is 4.44. The molecule has 48 valence electrons. The molecule has 0 amide bonds. The molecule has 0 radical (unpaired) electrons. The number of isocyanates is 2. The minimum atomic E-state index is -1.26. The van der Waals surface area contributed by atoms with Crippen LogP contribution in [0.25, 0.3) is 0 Å². The smallest absolute Gasteiger partial charge is 0.237 e. The van der Waals surface area contributed by atoms with Gasteiger partial charge < -0.3 is 5.11 Å². The monoisotopic (exact) mass is 128 g/mol. The molecule has 9 heavy (non-hydrogen) atoms. The van der Waals surface area contributed by atoms with Gasteiger partial charge in [0.2, 0.25) is 12.2 Å². The summed E-state index contributed by atoms with van der Waals surface area (Å²) in [5.41, 5.74) is 0. The normalized spacial score (nSPS) is 10.8. The summed E-state index contributed by atoms with van der Waals surface area (Å²) in [7, 11) is 0. The lowest BCUT2D eigenvalue weighted by molar-refractivity contribution is 0.193. The standard InChI is InChI=1S/C4H4N2O3/c7-2-5-1-4(9)6-3-8/h4,9H,1H2. The average Bonchev–Trinajstić information content (AvgIpc) is 1.85. The van der Waals surface area contributed by atoms with Crippen molar-refractivity contribution in [1.29, 1.82) is 0 Å². The Kier molecular flexibility index (Phi) is 4.18. The zero-order chi connectivity index (χ0) is 7.11. The van der Waals surface area contributed by atoms with Crippen LogP contribution in [0.5, 0.6) is 0 Å². The summed E-state index contributed by atoms with van der Waals surface area (Å²) in [5.74, 6) is 0. The zero-order valence-electron chi connectivity index (χ0n) is 4.44. The molecule has 0 aliphatic heterocycles. The highest BCUT2D eigenvalue weighted by Crippen LogP contribution is 1.81. The molecule has 5 heteroatoms. The molecule has 0 aliphatic rings. The summed E-state index contributed by atoms with van der Waals surface area (Å²) in [6, 6.07) is 0. The van der Waals surface area contributed by atoms with E-state index in [9.17, 15) is 9.59 Å². The first-order chi connectivity index (χ1) is 4.31. The van der Waals surface area contributed by atoms with Gasteiger partial charge in [0, 0.05) is 0 Å². The van der Waals surface area contributed by atoms with Crippen molar-refractivity contribution >= 4 is 12.2 Å². The Labute approximate surface area is 50.7 Å². The Hall–Kier alpha value is -1.28. The van der Waals surface area contributed by atoms with Crippen molar-refractivity contribution in [3.63, 3.8) is 0 Å². The third kappa shape index (κ3) is 4.58. The molecule has 0 fully saturated rings. The van der Waals surface area contributed by atoms with Crippen LogP contribution in [0.4, 0.5) is 0 Å². The second-order valence-corrected chi connectivity index (χ2v) is 1.13. The number of nitrogens with zero attached hydrogens (tertiary/aromatic N) is 2. The van der Waals surface area contributed by atoms with Gasteiger partial charge in [0.25, 0.3) is 0 Å². The van der Waals surface area contributed by atoms with Crippen LogP contribution in [0.3, 0.4) is 0 Å². The fraction of sp³-hybridized carbons (Fsp3) is 0.500. The van der Waals surface area contributed by atoms with Crippen molar-refractivity contribution < 1.29 is 14.7 Å². The van der Waals surface area contributed by atoms with E-state index < -0.39 is 6.23 Å². The average molecular weight is 128 g/mol. The van der Waals surface area contributed by atoms with Crippen LogP contribution >= 0.6 is 0 Å². The van der Waals surface area contributed by atoms with Gasteiger partial charge in [0.15, 0.2) is 6.23 Å². The second kappa shape index (κ2) is 4.87. The second-order valence-electron chi connectivity index (χ2n) is 1.13. The highest BCUT2D eigenvalue weighted by molar-refractivity contribution is 5.34. The minimum absolute atomic E-state index is 0.237. The van der Waals surface area contributed by atoms with Gasteiger partial charge >= 0.3 is 0 Å². The molecule has 0 aromatic rings. The molecule has 0 aliphatic carbocycles. The molecule has 0 spiro atoms. The number of carbonyl (C=O) groups excluding carboxylic acids is 2. The van der Waals surface area contributed by atoms with Gasteiger partial charge in [-0.3, -0.25) is 0 Å². The largest absolute Gasteiger partial charge is 0.369 e. The minimum Gasteiger partial charge on any atom is -0.369 e. The first-order valence-electron chi connectivity index (χ1n) is 2.10. The Morgan fingerprint density at radius 2 is 2.11 bits per heavy atom. The van der Waals surface area contributed by atoms with Crippen LogP contribution in [0, 0.1) is 0 Å². The van der Waals surface area contributed by atoms with E-state index in [1.165, 1.54) is 6.08 Å². The third-order valence-corrected chi connectivity index (χ3v) is 0.521. The number of hydrogen-bond acceptors (Lipinski definition) is 5. The summed E-state index contributed by atoms with van der Waals surface area (Å²) < 4.78 is 0. The predicted molar refractivity (Wildman–Crippen MR) is 27.1 cm³/mol. The summed E-state index contributed by atoms with van der Waals surface area (Å²) in [6.45, 7) is -0.237. The first kappa shape index (κ1) is 7.72. The Morgan fingerprint density at radius 3 is 2.56 bits per heavy atom. The van der Waals surface area contributed by atoms with Gasteiger partial charge in [-0.15, -0.1) is 0 Å². The van der Waals surface area contributed by atoms with E-state index in [0.29, 0.717) is 0 Å². The van der Waals surface area contributed by atoms with Gasteiger partial charge in [-0.2, -0.15) is 4.99 Å².